The highest BCUT2D eigenvalue weighted by Crippen LogP contribution is 2.34. The van der Waals surface area contributed by atoms with Gasteiger partial charge in [-0.3, -0.25) is 4.79 Å². The van der Waals surface area contributed by atoms with Gasteiger partial charge in [-0.15, -0.1) is 0 Å². The van der Waals surface area contributed by atoms with Crippen molar-refractivity contribution in [3.8, 4) is 15.9 Å². The fourth-order valence-corrected chi connectivity index (χ4v) is 4.21. The minimum Gasteiger partial charge on any atom is -0.487 e. The van der Waals surface area contributed by atoms with Gasteiger partial charge in [0.05, 0.1) is 7.11 Å². The number of nitrogens with one attached hydrogen (secondary N) is 2. The molecule has 1 aromatic carbocycles. The summed E-state index contributed by atoms with van der Waals surface area (Å²) in [6.07, 6.45) is 2.27. The van der Waals surface area contributed by atoms with E-state index in [1.54, 1.807) is 19.2 Å². The molecule has 1 saturated heterocycles. The lowest BCUT2D eigenvalue weighted by Gasteiger charge is -2.24. The van der Waals surface area contributed by atoms with Crippen LogP contribution < -0.4 is 20.1 Å². The van der Waals surface area contributed by atoms with Gasteiger partial charge in [-0.25, -0.2) is 0 Å². The Balaban J connectivity index is 1.37. The average Bonchev–Trinajstić information content (AvgIpc) is 3.32. The normalized spacial score (nSPS) is 24.8. The fourth-order valence-electron chi connectivity index (χ4n) is 3.52. The number of ether oxygens (including phenoxy) is 2. The first kappa shape index (κ1) is 15.5. The summed E-state index contributed by atoms with van der Waals surface area (Å²) in [7, 11) is 1.63. The molecule has 3 atom stereocenters. The molecule has 1 aromatic heterocycles. The average molecular weight is 344 g/mol. The van der Waals surface area contributed by atoms with Gasteiger partial charge in [-0.05, 0) is 61.7 Å². The Bertz CT molecular complexity index is 728. The molecule has 2 aliphatic rings. The Morgan fingerprint density at radius 3 is 2.58 bits per heavy atom. The van der Waals surface area contributed by atoms with Crippen molar-refractivity contribution in [2.75, 3.05) is 13.7 Å². The summed E-state index contributed by atoms with van der Waals surface area (Å²) < 4.78 is 10.9. The smallest absolute Gasteiger partial charge is 0.251 e. The molecule has 2 bridgehead atoms. The van der Waals surface area contributed by atoms with Crippen molar-refractivity contribution < 1.29 is 14.3 Å². The molecule has 1 amide bonds. The summed E-state index contributed by atoms with van der Waals surface area (Å²) in [5.74, 6) is 1.41. The number of carbonyl (C=O) groups is 1. The molecule has 1 saturated carbocycles. The number of amides is 1. The summed E-state index contributed by atoms with van der Waals surface area (Å²) in [6, 6.07) is 11.7. The van der Waals surface area contributed by atoms with E-state index in [1.165, 1.54) is 17.8 Å². The van der Waals surface area contributed by atoms with Crippen LogP contribution in [-0.2, 0) is 0 Å². The second-order valence-electron chi connectivity index (χ2n) is 6.34. The molecular weight excluding hydrogens is 324 g/mol. The molecule has 2 aromatic rings. The van der Waals surface area contributed by atoms with E-state index in [-0.39, 0.29) is 11.9 Å². The molecule has 2 N–H and O–H groups in total. The highest BCUT2D eigenvalue weighted by molar-refractivity contribution is 7.15. The zero-order valence-corrected chi connectivity index (χ0v) is 14.3. The monoisotopic (exact) mass is 344 g/mol. The van der Waals surface area contributed by atoms with Crippen LogP contribution in [0.4, 0.5) is 0 Å². The summed E-state index contributed by atoms with van der Waals surface area (Å²) >= 11 is 1.44. The van der Waals surface area contributed by atoms with Crippen LogP contribution >= 0.6 is 11.3 Å². The maximum Gasteiger partial charge on any atom is 0.251 e. The van der Waals surface area contributed by atoms with Crippen LogP contribution in [-0.4, -0.2) is 31.6 Å². The minimum atomic E-state index is -0.0151. The molecule has 6 heteroatoms. The highest BCUT2D eigenvalue weighted by atomic mass is 32.1. The SMILES string of the molecule is COc1ccc(Oc2ccc(C(=O)NC3CC4CNC3C4)cc2)s1. The zero-order valence-electron chi connectivity index (χ0n) is 13.5. The van der Waals surface area contributed by atoms with Gasteiger partial charge in [-0.1, -0.05) is 11.3 Å². The first-order valence-corrected chi connectivity index (χ1v) is 8.99. The highest BCUT2D eigenvalue weighted by Gasteiger charge is 2.39. The number of hydrogen-bond donors (Lipinski definition) is 2. The molecule has 1 aliphatic carbocycles. The zero-order chi connectivity index (χ0) is 16.5. The number of rotatable bonds is 5. The molecule has 5 nitrogen and oxygen atoms in total. The molecule has 0 spiro atoms. The van der Waals surface area contributed by atoms with Gasteiger partial charge >= 0.3 is 0 Å². The lowest BCUT2D eigenvalue weighted by molar-refractivity contribution is 0.0928. The second-order valence-corrected chi connectivity index (χ2v) is 7.35. The van der Waals surface area contributed by atoms with Crippen LogP contribution in [0.1, 0.15) is 23.2 Å². The van der Waals surface area contributed by atoms with Gasteiger partial charge in [0.25, 0.3) is 5.91 Å². The van der Waals surface area contributed by atoms with Crippen LogP contribution in [0.2, 0.25) is 0 Å². The number of hydrogen-bond acceptors (Lipinski definition) is 5. The molecule has 126 valence electrons. The van der Waals surface area contributed by atoms with Gasteiger partial charge < -0.3 is 20.1 Å². The number of carbonyl (C=O) groups excluding carboxylic acids is 1. The first-order chi connectivity index (χ1) is 11.7. The largest absolute Gasteiger partial charge is 0.487 e. The Morgan fingerprint density at radius 1 is 1.17 bits per heavy atom. The number of benzene rings is 1. The van der Waals surface area contributed by atoms with Crippen molar-refractivity contribution in [2.45, 2.75) is 24.9 Å². The second kappa shape index (κ2) is 6.45. The van der Waals surface area contributed by atoms with E-state index >= 15 is 0 Å². The summed E-state index contributed by atoms with van der Waals surface area (Å²) in [6.45, 7) is 1.09. The van der Waals surface area contributed by atoms with E-state index in [9.17, 15) is 4.79 Å². The topological polar surface area (TPSA) is 59.6 Å². The van der Waals surface area contributed by atoms with Crippen LogP contribution in [0.3, 0.4) is 0 Å². The van der Waals surface area contributed by atoms with Gasteiger partial charge in [0.1, 0.15) is 5.75 Å². The lowest BCUT2D eigenvalue weighted by atomic mass is 10.1. The van der Waals surface area contributed by atoms with Crippen molar-refractivity contribution in [1.29, 1.82) is 0 Å². The van der Waals surface area contributed by atoms with Crippen molar-refractivity contribution in [2.24, 2.45) is 5.92 Å². The molecule has 2 heterocycles. The van der Waals surface area contributed by atoms with Gasteiger partial charge in [0.15, 0.2) is 10.1 Å². The Morgan fingerprint density at radius 2 is 1.96 bits per heavy atom. The van der Waals surface area contributed by atoms with Gasteiger partial charge in [0, 0.05) is 17.6 Å². The van der Waals surface area contributed by atoms with E-state index in [4.69, 9.17) is 9.47 Å². The van der Waals surface area contributed by atoms with E-state index in [0.717, 1.165) is 29.0 Å². The summed E-state index contributed by atoms with van der Waals surface area (Å²) in [4.78, 5) is 12.4. The van der Waals surface area contributed by atoms with Gasteiger partial charge in [0.2, 0.25) is 0 Å². The van der Waals surface area contributed by atoms with E-state index < -0.39 is 0 Å². The Kier molecular flexibility index (Phi) is 4.16. The third kappa shape index (κ3) is 3.12. The fraction of sp³-hybridized carbons (Fsp3) is 0.389. The molecule has 0 radical (unpaired) electrons. The van der Waals surface area contributed by atoms with E-state index in [1.807, 2.05) is 24.3 Å². The number of fused-ring (bicyclic) bond motifs is 2. The lowest BCUT2D eigenvalue weighted by Crippen LogP contribution is -2.47. The number of thiophene rings is 1. The maximum absolute atomic E-state index is 12.4. The predicted molar refractivity (Wildman–Crippen MR) is 93.2 cm³/mol. The van der Waals surface area contributed by atoms with Crippen LogP contribution in [0.25, 0.3) is 0 Å². The van der Waals surface area contributed by atoms with Crippen molar-refractivity contribution in [3.05, 3.63) is 42.0 Å². The third-order valence-electron chi connectivity index (χ3n) is 4.74. The minimum absolute atomic E-state index is 0.0151. The first-order valence-electron chi connectivity index (χ1n) is 8.17. The third-order valence-corrected chi connectivity index (χ3v) is 5.66. The van der Waals surface area contributed by atoms with Crippen molar-refractivity contribution in [1.82, 2.24) is 10.6 Å². The molecular formula is C18H20N2O3S. The van der Waals surface area contributed by atoms with Crippen molar-refractivity contribution >= 4 is 17.2 Å². The molecule has 1 aliphatic heterocycles. The van der Waals surface area contributed by atoms with Gasteiger partial charge in [-0.2, -0.15) is 0 Å². The van der Waals surface area contributed by atoms with Crippen LogP contribution in [0.5, 0.6) is 15.9 Å². The van der Waals surface area contributed by atoms with Crippen molar-refractivity contribution in [3.63, 3.8) is 0 Å². The summed E-state index contributed by atoms with van der Waals surface area (Å²) in [5, 5.41) is 8.18. The standard InChI is InChI=1S/C18H20N2O3S/c1-22-16-6-7-17(24-16)23-13-4-2-12(3-5-13)18(21)20-15-9-11-8-14(15)19-10-11/h2-7,11,14-15,19H,8-10H2,1H3,(H,20,21). The quantitative estimate of drug-likeness (QED) is 0.875. The van der Waals surface area contributed by atoms with E-state index in [0.29, 0.717) is 17.4 Å². The summed E-state index contributed by atoms with van der Waals surface area (Å²) in [5.41, 5.74) is 0.661. The number of methoxy groups -OCH3 is 1. The molecule has 24 heavy (non-hydrogen) atoms. The number of piperidine rings is 1. The molecule has 3 unspecified atom stereocenters. The molecule has 2 fully saturated rings. The Labute approximate surface area is 145 Å². The van der Waals surface area contributed by atoms with Crippen LogP contribution in [0.15, 0.2) is 36.4 Å². The van der Waals surface area contributed by atoms with Crippen LogP contribution in [0, 0.1) is 5.92 Å². The Hall–Kier alpha value is -2.05. The predicted octanol–water partition coefficient (Wildman–Crippen LogP) is 3.03. The van der Waals surface area contributed by atoms with E-state index in [2.05, 4.69) is 10.6 Å². The molecule has 4 rings (SSSR count). The maximum atomic E-state index is 12.4.